The topological polar surface area (TPSA) is 58.2 Å². The van der Waals surface area contributed by atoms with Crippen LogP contribution in [0.3, 0.4) is 0 Å². The van der Waals surface area contributed by atoms with Crippen LogP contribution in [0.5, 0.6) is 0 Å². The van der Waals surface area contributed by atoms with E-state index in [-0.39, 0.29) is 11.8 Å². The monoisotopic (exact) mass is 288 g/mol. The Balaban J connectivity index is 2.69. The summed E-state index contributed by atoms with van der Waals surface area (Å²) in [6.07, 6.45) is 2.73. The zero-order valence-corrected chi connectivity index (χ0v) is 13.2. The molecule has 4 heteroatoms. The SMILES string of the molecule is C/C=C(\C)CNC(=O)NCc1cccc(C(C)=O)c1CC. The maximum absolute atomic E-state index is 11.7. The minimum atomic E-state index is -0.202. The van der Waals surface area contributed by atoms with Crippen molar-refractivity contribution < 1.29 is 9.59 Å². The van der Waals surface area contributed by atoms with E-state index in [1.807, 2.05) is 45.0 Å². The van der Waals surface area contributed by atoms with Crippen LogP contribution in [0.1, 0.15) is 49.2 Å². The molecule has 1 aromatic carbocycles. The summed E-state index contributed by atoms with van der Waals surface area (Å²) in [4.78, 5) is 23.4. The fourth-order valence-electron chi connectivity index (χ4n) is 2.11. The van der Waals surface area contributed by atoms with Crippen molar-refractivity contribution in [2.24, 2.45) is 0 Å². The summed E-state index contributed by atoms with van der Waals surface area (Å²) >= 11 is 0. The van der Waals surface area contributed by atoms with Gasteiger partial charge in [-0.1, -0.05) is 36.8 Å². The van der Waals surface area contributed by atoms with Gasteiger partial charge in [-0.3, -0.25) is 4.79 Å². The Labute approximate surface area is 126 Å². The second-order valence-corrected chi connectivity index (χ2v) is 5.02. The van der Waals surface area contributed by atoms with Crippen molar-refractivity contribution in [2.75, 3.05) is 6.54 Å². The smallest absolute Gasteiger partial charge is 0.315 e. The maximum atomic E-state index is 11.7. The standard InChI is InChI=1S/C17H24N2O2/c1-5-12(3)10-18-17(21)19-11-14-8-7-9-16(13(4)20)15(14)6-2/h5,7-9H,6,10-11H2,1-4H3,(H2,18,19,21)/b12-5+. The lowest BCUT2D eigenvalue weighted by atomic mass is 9.96. The normalized spacial score (nSPS) is 11.1. The third kappa shape index (κ3) is 5.06. The molecule has 0 saturated heterocycles. The third-order valence-electron chi connectivity index (χ3n) is 3.47. The summed E-state index contributed by atoms with van der Waals surface area (Å²) in [7, 11) is 0. The summed E-state index contributed by atoms with van der Waals surface area (Å²) in [6.45, 7) is 8.45. The highest BCUT2D eigenvalue weighted by atomic mass is 16.2. The first kappa shape index (κ1) is 17.0. The summed E-state index contributed by atoms with van der Waals surface area (Å²) in [5, 5.41) is 5.62. The fourth-order valence-corrected chi connectivity index (χ4v) is 2.11. The molecule has 114 valence electrons. The molecule has 0 bridgehead atoms. The molecule has 0 heterocycles. The van der Waals surface area contributed by atoms with E-state index in [2.05, 4.69) is 10.6 Å². The molecule has 0 aliphatic carbocycles. The molecule has 0 atom stereocenters. The minimum absolute atomic E-state index is 0.0573. The van der Waals surface area contributed by atoms with Gasteiger partial charge in [0.05, 0.1) is 0 Å². The first-order valence-electron chi connectivity index (χ1n) is 7.24. The average Bonchev–Trinajstić information content (AvgIpc) is 2.49. The lowest BCUT2D eigenvalue weighted by Gasteiger charge is -2.13. The number of rotatable bonds is 6. The minimum Gasteiger partial charge on any atom is -0.334 e. The van der Waals surface area contributed by atoms with Gasteiger partial charge in [-0.15, -0.1) is 0 Å². The molecule has 0 aliphatic rings. The molecule has 0 aliphatic heterocycles. The van der Waals surface area contributed by atoms with Crippen LogP contribution in [-0.4, -0.2) is 18.4 Å². The average molecular weight is 288 g/mol. The summed E-state index contributed by atoms with van der Waals surface area (Å²) < 4.78 is 0. The number of amides is 2. The van der Waals surface area contributed by atoms with E-state index in [4.69, 9.17) is 0 Å². The highest BCUT2D eigenvalue weighted by Crippen LogP contribution is 2.16. The predicted octanol–water partition coefficient (Wildman–Crippen LogP) is 3.22. The van der Waals surface area contributed by atoms with Crippen molar-refractivity contribution in [1.29, 1.82) is 0 Å². The molecule has 2 amide bonds. The molecule has 1 rings (SSSR count). The van der Waals surface area contributed by atoms with Gasteiger partial charge in [0, 0.05) is 18.7 Å². The quantitative estimate of drug-likeness (QED) is 0.624. The van der Waals surface area contributed by atoms with Gasteiger partial charge in [0.15, 0.2) is 5.78 Å². The lowest BCUT2D eigenvalue weighted by molar-refractivity contribution is 0.101. The number of carbonyl (C=O) groups excluding carboxylic acids is 2. The van der Waals surface area contributed by atoms with Crippen LogP contribution >= 0.6 is 0 Å². The lowest BCUT2D eigenvalue weighted by Crippen LogP contribution is -2.36. The van der Waals surface area contributed by atoms with E-state index in [1.165, 1.54) is 0 Å². The third-order valence-corrected chi connectivity index (χ3v) is 3.47. The Kier molecular flexibility index (Phi) is 6.66. The second kappa shape index (κ2) is 8.25. The Morgan fingerprint density at radius 1 is 1.19 bits per heavy atom. The molecular formula is C17H24N2O2. The Hall–Kier alpha value is -2.10. The fraction of sp³-hybridized carbons (Fsp3) is 0.412. The summed E-state index contributed by atoms with van der Waals surface area (Å²) in [5.74, 6) is 0.0573. The van der Waals surface area contributed by atoms with Gasteiger partial charge >= 0.3 is 6.03 Å². The van der Waals surface area contributed by atoms with Crippen LogP contribution in [0.4, 0.5) is 4.79 Å². The van der Waals surface area contributed by atoms with Gasteiger partial charge in [-0.25, -0.2) is 4.79 Å². The summed E-state index contributed by atoms with van der Waals surface area (Å²) in [6, 6.07) is 5.43. The Morgan fingerprint density at radius 3 is 2.48 bits per heavy atom. The Morgan fingerprint density at radius 2 is 1.90 bits per heavy atom. The van der Waals surface area contributed by atoms with E-state index < -0.39 is 0 Å². The van der Waals surface area contributed by atoms with Crippen molar-refractivity contribution in [3.05, 3.63) is 46.5 Å². The van der Waals surface area contributed by atoms with Gasteiger partial charge < -0.3 is 10.6 Å². The van der Waals surface area contributed by atoms with Crippen molar-refractivity contribution in [2.45, 2.75) is 40.7 Å². The second-order valence-electron chi connectivity index (χ2n) is 5.02. The number of Topliss-reactive ketones (excluding diaryl/α,β-unsaturated/α-hetero) is 1. The molecule has 0 aromatic heterocycles. The molecule has 0 fully saturated rings. The molecule has 0 radical (unpaired) electrons. The molecule has 0 spiro atoms. The van der Waals surface area contributed by atoms with Crippen LogP contribution in [0.2, 0.25) is 0 Å². The van der Waals surface area contributed by atoms with E-state index in [1.54, 1.807) is 6.92 Å². The van der Waals surface area contributed by atoms with E-state index >= 15 is 0 Å². The van der Waals surface area contributed by atoms with Gasteiger partial charge in [0.25, 0.3) is 0 Å². The molecule has 0 saturated carbocycles. The highest BCUT2D eigenvalue weighted by Gasteiger charge is 2.10. The number of benzene rings is 1. The molecule has 4 nitrogen and oxygen atoms in total. The number of allylic oxidation sites excluding steroid dienone is 1. The van der Waals surface area contributed by atoms with Crippen LogP contribution in [-0.2, 0) is 13.0 Å². The van der Waals surface area contributed by atoms with Crippen molar-refractivity contribution in [1.82, 2.24) is 10.6 Å². The molecule has 1 aromatic rings. The number of nitrogens with one attached hydrogen (secondary N) is 2. The maximum Gasteiger partial charge on any atom is 0.315 e. The Bertz CT molecular complexity index is 548. The van der Waals surface area contributed by atoms with Gasteiger partial charge in [0.1, 0.15) is 0 Å². The van der Waals surface area contributed by atoms with E-state index in [0.29, 0.717) is 13.1 Å². The van der Waals surface area contributed by atoms with Crippen LogP contribution < -0.4 is 10.6 Å². The molecule has 2 N–H and O–H groups in total. The molecular weight excluding hydrogens is 264 g/mol. The van der Waals surface area contributed by atoms with Crippen molar-refractivity contribution in [3.8, 4) is 0 Å². The van der Waals surface area contributed by atoms with Crippen molar-refractivity contribution >= 4 is 11.8 Å². The first-order chi connectivity index (χ1) is 9.99. The van der Waals surface area contributed by atoms with E-state index in [9.17, 15) is 9.59 Å². The largest absolute Gasteiger partial charge is 0.334 e. The predicted molar refractivity (Wildman–Crippen MR) is 85.5 cm³/mol. The zero-order valence-electron chi connectivity index (χ0n) is 13.2. The van der Waals surface area contributed by atoms with Crippen LogP contribution in [0, 0.1) is 0 Å². The van der Waals surface area contributed by atoms with Crippen LogP contribution in [0.25, 0.3) is 0 Å². The van der Waals surface area contributed by atoms with Gasteiger partial charge in [0.2, 0.25) is 0 Å². The zero-order chi connectivity index (χ0) is 15.8. The number of carbonyl (C=O) groups is 2. The van der Waals surface area contributed by atoms with Crippen LogP contribution in [0.15, 0.2) is 29.8 Å². The molecule has 21 heavy (non-hydrogen) atoms. The number of hydrogen-bond donors (Lipinski definition) is 2. The number of ketones is 1. The number of hydrogen-bond acceptors (Lipinski definition) is 2. The van der Waals surface area contributed by atoms with E-state index in [0.717, 1.165) is 28.7 Å². The number of urea groups is 1. The van der Waals surface area contributed by atoms with Crippen molar-refractivity contribution in [3.63, 3.8) is 0 Å². The van der Waals surface area contributed by atoms with Gasteiger partial charge in [-0.05, 0) is 38.3 Å². The first-order valence-corrected chi connectivity index (χ1v) is 7.24. The highest BCUT2D eigenvalue weighted by molar-refractivity contribution is 5.95. The summed E-state index contributed by atoms with van der Waals surface area (Å²) in [5.41, 5.74) is 3.85. The van der Waals surface area contributed by atoms with Gasteiger partial charge in [-0.2, -0.15) is 0 Å². The molecule has 0 unspecified atom stereocenters.